The molecule has 0 aromatic heterocycles. The molecule has 0 atom stereocenters. The van der Waals surface area contributed by atoms with E-state index in [4.69, 9.17) is 5.11 Å². The first kappa shape index (κ1) is 13.8. The Kier molecular flexibility index (Phi) is 4.76. The van der Waals surface area contributed by atoms with E-state index < -0.39 is 6.09 Å². The summed E-state index contributed by atoms with van der Waals surface area (Å²) in [6.07, 6.45) is -0.946. The fourth-order valence-electron chi connectivity index (χ4n) is 2.33. The molecule has 0 radical (unpaired) electrons. The standard InChI is InChI=1S/C14H21N3O2/c1-16(9-12-5-3-2-4-6-12)13-10-17(11-13)8-7-15-14(18)19/h2-6,13,15H,7-11H2,1H3,(H,18,19). The highest BCUT2D eigenvalue weighted by atomic mass is 16.4. The molecule has 19 heavy (non-hydrogen) atoms. The predicted molar refractivity (Wildman–Crippen MR) is 74.2 cm³/mol. The summed E-state index contributed by atoms with van der Waals surface area (Å²) in [4.78, 5) is 14.9. The molecule has 1 amide bonds. The van der Waals surface area contributed by atoms with Gasteiger partial charge in [-0.25, -0.2) is 4.79 Å². The molecule has 1 aliphatic rings. The third kappa shape index (κ3) is 4.22. The van der Waals surface area contributed by atoms with E-state index in [1.807, 2.05) is 6.07 Å². The number of hydrogen-bond donors (Lipinski definition) is 2. The first-order valence-electron chi connectivity index (χ1n) is 6.58. The molecule has 2 N–H and O–H groups in total. The molecule has 5 heteroatoms. The monoisotopic (exact) mass is 263 g/mol. The van der Waals surface area contributed by atoms with E-state index in [1.165, 1.54) is 5.56 Å². The number of nitrogens with zero attached hydrogens (tertiary/aromatic N) is 2. The maximum atomic E-state index is 10.3. The Morgan fingerprint density at radius 1 is 1.42 bits per heavy atom. The normalized spacial score (nSPS) is 16.3. The number of carbonyl (C=O) groups is 1. The van der Waals surface area contributed by atoms with Crippen LogP contribution in [0.2, 0.25) is 0 Å². The van der Waals surface area contributed by atoms with E-state index >= 15 is 0 Å². The van der Waals surface area contributed by atoms with Crippen molar-refractivity contribution >= 4 is 6.09 Å². The molecule has 0 bridgehead atoms. The highest BCUT2D eigenvalue weighted by Gasteiger charge is 2.29. The zero-order chi connectivity index (χ0) is 13.7. The minimum absolute atomic E-state index is 0.504. The van der Waals surface area contributed by atoms with E-state index in [0.717, 1.165) is 26.2 Å². The number of likely N-dealkylation sites (tertiary alicyclic amines) is 1. The number of carboxylic acid groups (broad SMARTS) is 1. The van der Waals surface area contributed by atoms with Gasteiger partial charge >= 0.3 is 6.09 Å². The molecule has 0 spiro atoms. The van der Waals surface area contributed by atoms with Crippen LogP contribution in [-0.2, 0) is 6.54 Å². The molecule has 0 saturated carbocycles. The van der Waals surface area contributed by atoms with Gasteiger partial charge in [-0.05, 0) is 12.6 Å². The Balaban J connectivity index is 1.64. The van der Waals surface area contributed by atoms with Gasteiger partial charge in [0.2, 0.25) is 0 Å². The van der Waals surface area contributed by atoms with Gasteiger partial charge in [0, 0.05) is 38.8 Å². The van der Waals surface area contributed by atoms with Crippen molar-refractivity contribution in [1.29, 1.82) is 0 Å². The maximum Gasteiger partial charge on any atom is 0.404 e. The summed E-state index contributed by atoms with van der Waals surface area (Å²) in [6, 6.07) is 11.0. The summed E-state index contributed by atoms with van der Waals surface area (Å²) in [7, 11) is 2.14. The molecular formula is C14H21N3O2. The third-order valence-electron chi connectivity index (χ3n) is 3.54. The van der Waals surface area contributed by atoms with E-state index in [0.29, 0.717) is 12.6 Å². The van der Waals surface area contributed by atoms with Crippen LogP contribution in [-0.4, -0.2) is 60.3 Å². The Morgan fingerprint density at radius 3 is 2.74 bits per heavy atom. The Hall–Kier alpha value is -1.59. The van der Waals surface area contributed by atoms with Gasteiger partial charge in [-0.1, -0.05) is 30.3 Å². The minimum atomic E-state index is -0.946. The van der Waals surface area contributed by atoms with Crippen molar-refractivity contribution in [2.75, 3.05) is 33.2 Å². The zero-order valence-electron chi connectivity index (χ0n) is 11.2. The molecule has 0 aliphatic carbocycles. The lowest BCUT2D eigenvalue weighted by atomic mass is 10.1. The average molecular weight is 263 g/mol. The molecule has 1 fully saturated rings. The lowest BCUT2D eigenvalue weighted by molar-refractivity contribution is 0.0462. The van der Waals surface area contributed by atoms with Crippen LogP contribution >= 0.6 is 0 Å². The first-order valence-corrected chi connectivity index (χ1v) is 6.58. The van der Waals surface area contributed by atoms with Crippen molar-refractivity contribution in [3.05, 3.63) is 35.9 Å². The third-order valence-corrected chi connectivity index (χ3v) is 3.54. The lowest BCUT2D eigenvalue weighted by Gasteiger charge is -2.44. The van der Waals surface area contributed by atoms with Crippen molar-refractivity contribution < 1.29 is 9.90 Å². The largest absolute Gasteiger partial charge is 0.465 e. The van der Waals surface area contributed by atoms with Gasteiger partial charge in [-0.2, -0.15) is 0 Å². The van der Waals surface area contributed by atoms with Crippen LogP contribution in [0.5, 0.6) is 0 Å². The number of rotatable bonds is 6. The van der Waals surface area contributed by atoms with Crippen LogP contribution in [0, 0.1) is 0 Å². The van der Waals surface area contributed by atoms with Crippen LogP contribution in [0.15, 0.2) is 30.3 Å². The van der Waals surface area contributed by atoms with Gasteiger partial charge in [-0.15, -0.1) is 0 Å². The van der Waals surface area contributed by atoms with Gasteiger partial charge in [0.1, 0.15) is 0 Å². The summed E-state index contributed by atoms with van der Waals surface area (Å²) in [5.74, 6) is 0. The SMILES string of the molecule is CN(Cc1ccccc1)C1CN(CCNC(=O)O)C1. The minimum Gasteiger partial charge on any atom is -0.465 e. The molecular weight excluding hydrogens is 242 g/mol. The maximum absolute atomic E-state index is 10.3. The summed E-state index contributed by atoms with van der Waals surface area (Å²) in [5, 5.41) is 10.9. The van der Waals surface area contributed by atoms with Gasteiger partial charge in [0.25, 0.3) is 0 Å². The topological polar surface area (TPSA) is 55.8 Å². The van der Waals surface area contributed by atoms with Crippen molar-refractivity contribution in [1.82, 2.24) is 15.1 Å². The van der Waals surface area contributed by atoms with E-state index in [-0.39, 0.29) is 0 Å². The van der Waals surface area contributed by atoms with Crippen LogP contribution in [0.25, 0.3) is 0 Å². The summed E-state index contributed by atoms with van der Waals surface area (Å²) in [6.45, 7) is 4.30. The Morgan fingerprint density at radius 2 is 2.11 bits per heavy atom. The smallest absolute Gasteiger partial charge is 0.404 e. The molecule has 1 aliphatic heterocycles. The molecule has 5 nitrogen and oxygen atoms in total. The Labute approximate surface area is 113 Å². The van der Waals surface area contributed by atoms with Gasteiger partial charge in [0.05, 0.1) is 0 Å². The highest BCUT2D eigenvalue weighted by Crippen LogP contribution is 2.15. The molecule has 1 aromatic carbocycles. The van der Waals surface area contributed by atoms with Crippen molar-refractivity contribution in [2.24, 2.45) is 0 Å². The zero-order valence-corrected chi connectivity index (χ0v) is 11.2. The fourth-order valence-corrected chi connectivity index (χ4v) is 2.33. The average Bonchev–Trinajstić information content (AvgIpc) is 2.32. The van der Waals surface area contributed by atoms with Gasteiger partial charge in [-0.3, -0.25) is 9.80 Å². The Bertz CT molecular complexity index is 404. The summed E-state index contributed by atoms with van der Waals surface area (Å²) >= 11 is 0. The quantitative estimate of drug-likeness (QED) is 0.806. The summed E-state index contributed by atoms with van der Waals surface area (Å²) < 4.78 is 0. The van der Waals surface area contributed by atoms with Crippen LogP contribution in [0.1, 0.15) is 5.56 Å². The molecule has 1 heterocycles. The molecule has 2 rings (SSSR count). The number of nitrogens with one attached hydrogen (secondary N) is 1. The second kappa shape index (κ2) is 6.54. The van der Waals surface area contributed by atoms with Crippen LogP contribution in [0.3, 0.4) is 0 Å². The second-order valence-corrected chi connectivity index (χ2v) is 5.05. The molecule has 1 saturated heterocycles. The second-order valence-electron chi connectivity index (χ2n) is 5.05. The van der Waals surface area contributed by atoms with Crippen LogP contribution in [0.4, 0.5) is 4.79 Å². The highest BCUT2D eigenvalue weighted by molar-refractivity contribution is 5.64. The summed E-state index contributed by atoms with van der Waals surface area (Å²) in [5.41, 5.74) is 1.33. The number of likely N-dealkylation sites (N-methyl/N-ethyl adjacent to an activating group) is 1. The van der Waals surface area contributed by atoms with Crippen LogP contribution < -0.4 is 5.32 Å². The number of amides is 1. The van der Waals surface area contributed by atoms with Gasteiger partial charge < -0.3 is 10.4 Å². The van der Waals surface area contributed by atoms with E-state index in [2.05, 4.69) is 46.4 Å². The molecule has 1 aromatic rings. The van der Waals surface area contributed by atoms with Crippen molar-refractivity contribution in [2.45, 2.75) is 12.6 Å². The fraction of sp³-hybridized carbons (Fsp3) is 0.500. The van der Waals surface area contributed by atoms with E-state index in [9.17, 15) is 4.79 Å². The van der Waals surface area contributed by atoms with Crippen molar-refractivity contribution in [3.63, 3.8) is 0 Å². The van der Waals surface area contributed by atoms with Gasteiger partial charge in [0.15, 0.2) is 0 Å². The number of hydrogen-bond acceptors (Lipinski definition) is 3. The predicted octanol–water partition coefficient (Wildman–Crippen LogP) is 1.07. The number of benzene rings is 1. The molecule has 104 valence electrons. The lowest BCUT2D eigenvalue weighted by Crippen LogP contribution is -2.59. The first-order chi connectivity index (χ1) is 9.15. The van der Waals surface area contributed by atoms with Crippen molar-refractivity contribution in [3.8, 4) is 0 Å². The molecule has 0 unspecified atom stereocenters. The van der Waals surface area contributed by atoms with E-state index in [1.54, 1.807) is 0 Å².